The fourth-order valence-corrected chi connectivity index (χ4v) is 4.97. The number of hydrogen-bond donors (Lipinski definition) is 0. The van der Waals surface area contributed by atoms with Crippen LogP contribution < -0.4 is 0 Å². The highest BCUT2D eigenvalue weighted by atomic mass is 16.5. The summed E-state index contributed by atoms with van der Waals surface area (Å²) in [6.07, 6.45) is 5.67. The van der Waals surface area contributed by atoms with E-state index in [1.807, 2.05) is 17.9 Å². The first kappa shape index (κ1) is 22.8. The van der Waals surface area contributed by atoms with Gasteiger partial charge in [0.25, 0.3) is 0 Å². The average molecular weight is 416 g/mol. The first-order chi connectivity index (χ1) is 14.4. The molecule has 0 radical (unpaired) electrons. The predicted octanol–water partition coefficient (Wildman–Crippen LogP) is 4.39. The van der Waals surface area contributed by atoms with E-state index in [1.165, 1.54) is 5.56 Å². The predicted molar refractivity (Wildman–Crippen MR) is 117 cm³/mol. The van der Waals surface area contributed by atoms with Gasteiger partial charge in [-0.15, -0.1) is 0 Å². The standard InChI is InChI=1S/C25H37NO4/c1-4-29-23(28)25(13-8-11-20-9-6-5-7-10-20)14-16-26(17-15-25)22(27)21-12-18-30-24(2,3)19-21/h5-7,9-10,21H,4,8,11-19H2,1-3H3/t21-/m0/s1. The van der Waals surface area contributed by atoms with Crippen LogP contribution >= 0.6 is 0 Å². The summed E-state index contributed by atoms with van der Waals surface area (Å²) in [5.74, 6) is 0.174. The van der Waals surface area contributed by atoms with E-state index in [2.05, 4.69) is 38.1 Å². The van der Waals surface area contributed by atoms with Gasteiger partial charge in [-0.2, -0.15) is 0 Å². The van der Waals surface area contributed by atoms with Gasteiger partial charge in [-0.05, 0) is 71.3 Å². The quantitative estimate of drug-likeness (QED) is 0.620. The molecule has 2 aliphatic rings. The molecule has 1 atom stereocenters. The molecule has 166 valence electrons. The minimum Gasteiger partial charge on any atom is -0.466 e. The fourth-order valence-electron chi connectivity index (χ4n) is 4.97. The van der Waals surface area contributed by atoms with Crippen molar-refractivity contribution < 1.29 is 19.1 Å². The Morgan fingerprint density at radius 3 is 2.50 bits per heavy atom. The molecule has 0 saturated carbocycles. The van der Waals surface area contributed by atoms with E-state index >= 15 is 0 Å². The van der Waals surface area contributed by atoms with Crippen LogP contribution in [-0.2, 0) is 25.5 Å². The van der Waals surface area contributed by atoms with Crippen molar-refractivity contribution in [3.05, 3.63) is 35.9 Å². The van der Waals surface area contributed by atoms with Gasteiger partial charge in [0.15, 0.2) is 0 Å². The Hall–Kier alpha value is -1.88. The first-order valence-corrected chi connectivity index (χ1v) is 11.5. The van der Waals surface area contributed by atoms with Crippen molar-refractivity contribution in [2.75, 3.05) is 26.3 Å². The average Bonchev–Trinajstić information content (AvgIpc) is 2.74. The van der Waals surface area contributed by atoms with Crippen molar-refractivity contribution in [1.82, 2.24) is 4.90 Å². The van der Waals surface area contributed by atoms with E-state index < -0.39 is 5.41 Å². The van der Waals surface area contributed by atoms with Crippen molar-refractivity contribution in [3.63, 3.8) is 0 Å². The molecule has 0 aliphatic carbocycles. The number of hydrogen-bond acceptors (Lipinski definition) is 4. The highest BCUT2D eigenvalue weighted by Gasteiger charge is 2.44. The zero-order chi connectivity index (χ0) is 21.6. The Morgan fingerprint density at radius 2 is 1.87 bits per heavy atom. The van der Waals surface area contributed by atoms with Gasteiger partial charge in [0.2, 0.25) is 5.91 Å². The van der Waals surface area contributed by atoms with E-state index in [-0.39, 0.29) is 23.4 Å². The molecule has 1 amide bonds. The summed E-state index contributed by atoms with van der Waals surface area (Å²) in [5.41, 5.74) is 0.600. The van der Waals surface area contributed by atoms with Gasteiger partial charge in [-0.1, -0.05) is 30.3 Å². The van der Waals surface area contributed by atoms with Gasteiger partial charge in [0, 0.05) is 25.6 Å². The van der Waals surface area contributed by atoms with Gasteiger partial charge in [-0.25, -0.2) is 0 Å². The number of amides is 1. The summed E-state index contributed by atoms with van der Waals surface area (Å²) < 4.78 is 11.2. The Bertz CT molecular complexity index is 707. The Morgan fingerprint density at radius 1 is 1.17 bits per heavy atom. The molecule has 2 fully saturated rings. The number of carbonyl (C=O) groups excluding carboxylic acids is 2. The smallest absolute Gasteiger partial charge is 0.312 e. The zero-order valence-corrected chi connectivity index (χ0v) is 18.8. The summed E-state index contributed by atoms with van der Waals surface area (Å²) in [6, 6.07) is 10.4. The highest BCUT2D eigenvalue weighted by molar-refractivity contribution is 5.81. The minimum atomic E-state index is -0.462. The van der Waals surface area contributed by atoms with Crippen LogP contribution in [0.3, 0.4) is 0 Å². The lowest BCUT2D eigenvalue weighted by Crippen LogP contribution is -2.50. The maximum atomic E-state index is 13.1. The maximum absolute atomic E-state index is 13.1. The number of likely N-dealkylation sites (tertiary alicyclic amines) is 1. The summed E-state index contributed by atoms with van der Waals surface area (Å²) in [4.78, 5) is 28.0. The van der Waals surface area contributed by atoms with E-state index in [0.29, 0.717) is 39.1 Å². The molecule has 2 saturated heterocycles. The lowest BCUT2D eigenvalue weighted by molar-refractivity contribution is -0.162. The topological polar surface area (TPSA) is 55.8 Å². The Balaban J connectivity index is 1.59. The summed E-state index contributed by atoms with van der Waals surface area (Å²) in [6.45, 7) is 8.30. The van der Waals surface area contributed by atoms with Gasteiger partial charge in [-0.3, -0.25) is 9.59 Å². The summed E-state index contributed by atoms with van der Waals surface area (Å²) >= 11 is 0. The molecule has 2 heterocycles. The number of carbonyl (C=O) groups is 2. The molecule has 0 bridgehead atoms. The molecule has 0 N–H and O–H groups in total. The van der Waals surface area contributed by atoms with Gasteiger partial charge < -0.3 is 14.4 Å². The molecule has 0 aromatic heterocycles. The molecule has 5 nitrogen and oxygen atoms in total. The normalized spacial score (nSPS) is 23.0. The van der Waals surface area contributed by atoms with E-state index in [4.69, 9.17) is 9.47 Å². The number of ether oxygens (including phenoxy) is 2. The molecule has 0 spiro atoms. The van der Waals surface area contributed by atoms with Crippen LogP contribution in [0.2, 0.25) is 0 Å². The number of benzene rings is 1. The van der Waals surface area contributed by atoms with Crippen LogP contribution in [0.15, 0.2) is 30.3 Å². The minimum absolute atomic E-state index is 0.0296. The third kappa shape index (κ3) is 5.63. The van der Waals surface area contributed by atoms with Crippen LogP contribution in [0.5, 0.6) is 0 Å². The van der Waals surface area contributed by atoms with Crippen LogP contribution in [0, 0.1) is 11.3 Å². The number of rotatable bonds is 7. The molecule has 1 aromatic rings. The molecule has 0 unspecified atom stereocenters. The van der Waals surface area contributed by atoms with Gasteiger partial charge in [0.05, 0.1) is 17.6 Å². The third-order valence-corrected chi connectivity index (χ3v) is 6.75. The molecule has 30 heavy (non-hydrogen) atoms. The largest absolute Gasteiger partial charge is 0.466 e. The summed E-state index contributed by atoms with van der Waals surface area (Å²) in [5, 5.41) is 0. The highest BCUT2D eigenvalue weighted by Crippen LogP contribution is 2.39. The number of nitrogens with zero attached hydrogens (tertiary/aromatic N) is 1. The van der Waals surface area contributed by atoms with Gasteiger partial charge in [0.1, 0.15) is 0 Å². The Labute approximate surface area is 181 Å². The Kier molecular flexibility index (Phi) is 7.56. The van der Waals surface area contributed by atoms with Crippen molar-refractivity contribution in [1.29, 1.82) is 0 Å². The lowest BCUT2D eigenvalue weighted by atomic mass is 9.74. The third-order valence-electron chi connectivity index (χ3n) is 6.75. The van der Waals surface area contributed by atoms with Crippen LogP contribution in [0.4, 0.5) is 0 Å². The maximum Gasteiger partial charge on any atom is 0.312 e. The number of aryl methyl sites for hydroxylation is 1. The van der Waals surface area contributed by atoms with Crippen molar-refractivity contribution in [3.8, 4) is 0 Å². The monoisotopic (exact) mass is 415 g/mol. The fraction of sp³-hybridized carbons (Fsp3) is 0.680. The van der Waals surface area contributed by atoms with E-state index in [9.17, 15) is 9.59 Å². The number of piperidine rings is 1. The second-order valence-electron chi connectivity index (χ2n) is 9.46. The van der Waals surface area contributed by atoms with Gasteiger partial charge >= 0.3 is 5.97 Å². The van der Waals surface area contributed by atoms with Crippen molar-refractivity contribution in [2.45, 2.75) is 71.3 Å². The molecule has 3 rings (SSSR count). The van der Waals surface area contributed by atoms with Crippen LogP contribution in [0.25, 0.3) is 0 Å². The SMILES string of the molecule is CCOC(=O)C1(CCCc2ccccc2)CCN(C(=O)[C@H]2CCOC(C)(C)C2)CC1. The molecule has 5 heteroatoms. The van der Waals surface area contributed by atoms with Crippen molar-refractivity contribution >= 4 is 11.9 Å². The summed E-state index contributed by atoms with van der Waals surface area (Å²) in [7, 11) is 0. The lowest BCUT2D eigenvalue weighted by Gasteiger charge is -2.42. The van der Waals surface area contributed by atoms with E-state index in [0.717, 1.165) is 32.1 Å². The second-order valence-corrected chi connectivity index (χ2v) is 9.46. The zero-order valence-electron chi connectivity index (χ0n) is 18.8. The van der Waals surface area contributed by atoms with E-state index in [1.54, 1.807) is 0 Å². The van der Waals surface area contributed by atoms with Crippen LogP contribution in [0.1, 0.15) is 64.9 Å². The van der Waals surface area contributed by atoms with Crippen LogP contribution in [-0.4, -0.2) is 48.7 Å². The molecular formula is C25H37NO4. The molecular weight excluding hydrogens is 378 g/mol. The molecule has 2 aliphatic heterocycles. The van der Waals surface area contributed by atoms with Crippen molar-refractivity contribution in [2.24, 2.45) is 11.3 Å². The number of esters is 1. The second kappa shape index (κ2) is 9.95. The molecule has 1 aromatic carbocycles. The first-order valence-electron chi connectivity index (χ1n) is 11.5.